The molecule has 3 heteroatoms. The largest absolute Gasteiger partial charge is 0.493 e. The molecule has 1 atom stereocenters. The molecule has 0 saturated carbocycles. The molecule has 1 aromatic carbocycles. The van der Waals surface area contributed by atoms with Crippen molar-refractivity contribution in [2.45, 2.75) is 18.9 Å². The van der Waals surface area contributed by atoms with Gasteiger partial charge in [-0.25, -0.2) is 0 Å². The maximum absolute atomic E-state index is 5.28. The van der Waals surface area contributed by atoms with Crippen LogP contribution in [0.5, 0.6) is 11.5 Å². The molecule has 82 valence electrons. The Bertz CT molecular complexity index is 332. The van der Waals surface area contributed by atoms with Gasteiger partial charge in [-0.05, 0) is 37.1 Å². The quantitative estimate of drug-likeness (QED) is 0.823. The summed E-state index contributed by atoms with van der Waals surface area (Å²) in [5, 5.41) is 3.47. The lowest BCUT2D eigenvalue weighted by molar-refractivity contribution is 0.354. The van der Waals surface area contributed by atoms with Crippen molar-refractivity contribution >= 4 is 0 Å². The summed E-state index contributed by atoms with van der Waals surface area (Å²) in [5.41, 5.74) is 1.28. The standard InChI is InChI=1S/C12H17NO2/c1-14-11-6-5-9(8-12(11)15-2)10-4-3-7-13-10/h5-6,8,10,13H,3-4,7H2,1-2H3/t10-/m0/s1. The zero-order chi connectivity index (χ0) is 10.7. The molecular weight excluding hydrogens is 190 g/mol. The summed E-state index contributed by atoms with van der Waals surface area (Å²) >= 11 is 0. The van der Waals surface area contributed by atoms with E-state index in [2.05, 4.69) is 17.4 Å². The van der Waals surface area contributed by atoms with Crippen LogP contribution < -0.4 is 14.8 Å². The van der Waals surface area contributed by atoms with Crippen LogP contribution in [-0.2, 0) is 0 Å². The molecule has 15 heavy (non-hydrogen) atoms. The summed E-state index contributed by atoms with van der Waals surface area (Å²) in [6, 6.07) is 6.60. The molecule has 1 heterocycles. The van der Waals surface area contributed by atoms with Gasteiger partial charge in [-0.2, -0.15) is 0 Å². The molecule has 1 fully saturated rings. The highest BCUT2D eigenvalue weighted by Gasteiger charge is 2.17. The summed E-state index contributed by atoms with van der Waals surface area (Å²) in [7, 11) is 3.33. The Morgan fingerprint density at radius 1 is 1.20 bits per heavy atom. The van der Waals surface area contributed by atoms with E-state index in [0.29, 0.717) is 6.04 Å². The predicted molar refractivity (Wildman–Crippen MR) is 59.5 cm³/mol. The van der Waals surface area contributed by atoms with E-state index in [1.165, 1.54) is 18.4 Å². The van der Waals surface area contributed by atoms with Crippen molar-refractivity contribution in [2.24, 2.45) is 0 Å². The molecule has 0 bridgehead atoms. The molecule has 3 nitrogen and oxygen atoms in total. The number of nitrogens with one attached hydrogen (secondary N) is 1. The van der Waals surface area contributed by atoms with Gasteiger partial charge in [-0.15, -0.1) is 0 Å². The maximum atomic E-state index is 5.28. The highest BCUT2D eigenvalue weighted by atomic mass is 16.5. The van der Waals surface area contributed by atoms with Gasteiger partial charge in [0.25, 0.3) is 0 Å². The van der Waals surface area contributed by atoms with Gasteiger partial charge in [0.05, 0.1) is 14.2 Å². The first-order valence-corrected chi connectivity index (χ1v) is 5.30. The van der Waals surface area contributed by atoms with E-state index in [4.69, 9.17) is 9.47 Å². The molecule has 0 amide bonds. The molecule has 1 aliphatic rings. The fourth-order valence-corrected chi connectivity index (χ4v) is 2.04. The van der Waals surface area contributed by atoms with E-state index >= 15 is 0 Å². The third-order valence-corrected chi connectivity index (χ3v) is 2.87. The molecule has 1 aliphatic heterocycles. The van der Waals surface area contributed by atoms with Gasteiger partial charge in [0.15, 0.2) is 11.5 Å². The van der Waals surface area contributed by atoms with Crippen LogP contribution in [0.4, 0.5) is 0 Å². The summed E-state index contributed by atoms with van der Waals surface area (Å²) in [6.45, 7) is 1.11. The van der Waals surface area contributed by atoms with E-state index in [9.17, 15) is 0 Å². The van der Waals surface area contributed by atoms with Gasteiger partial charge in [0.1, 0.15) is 0 Å². The van der Waals surface area contributed by atoms with Crippen molar-refractivity contribution in [3.63, 3.8) is 0 Å². The topological polar surface area (TPSA) is 30.5 Å². The Balaban J connectivity index is 2.25. The first kappa shape index (κ1) is 10.3. The number of rotatable bonds is 3. The molecule has 0 unspecified atom stereocenters. The van der Waals surface area contributed by atoms with Crippen LogP contribution >= 0.6 is 0 Å². The lowest BCUT2D eigenvalue weighted by Gasteiger charge is -2.14. The molecule has 0 radical (unpaired) electrons. The van der Waals surface area contributed by atoms with E-state index in [1.807, 2.05) is 6.07 Å². The fourth-order valence-electron chi connectivity index (χ4n) is 2.04. The van der Waals surface area contributed by atoms with Crippen LogP contribution in [0.2, 0.25) is 0 Å². The minimum Gasteiger partial charge on any atom is -0.493 e. The van der Waals surface area contributed by atoms with Crippen molar-refractivity contribution in [1.82, 2.24) is 5.32 Å². The second-order valence-corrected chi connectivity index (χ2v) is 3.76. The predicted octanol–water partition coefficient (Wildman–Crippen LogP) is 2.13. The smallest absolute Gasteiger partial charge is 0.161 e. The first-order valence-electron chi connectivity index (χ1n) is 5.30. The van der Waals surface area contributed by atoms with Gasteiger partial charge >= 0.3 is 0 Å². The van der Waals surface area contributed by atoms with Crippen LogP contribution in [0, 0.1) is 0 Å². The summed E-state index contributed by atoms with van der Waals surface area (Å²) in [4.78, 5) is 0. The van der Waals surface area contributed by atoms with Crippen LogP contribution in [0.25, 0.3) is 0 Å². The van der Waals surface area contributed by atoms with Gasteiger partial charge < -0.3 is 14.8 Å². The molecule has 0 spiro atoms. The Kier molecular flexibility index (Phi) is 3.11. The average Bonchev–Trinajstić information content (AvgIpc) is 2.81. The average molecular weight is 207 g/mol. The highest BCUT2D eigenvalue weighted by Crippen LogP contribution is 2.32. The zero-order valence-electron chi connectivity index (χ0n) is 9.25. The van der Waals surface area contributed by atoms with Crippen molar-refractivity contribution in [2.75, 3.05) is 20.8 Å². The number of benzene rings is 1. The molecule has 1 saturated heterocycles. The van der Waals surface area contributed by atoms with Crippen LogP contribution in [0.15, 0.2) is 18.2 Å². The summed E-state index contributed by atoms with van der Waals surface area (Å²) < 4.78 is 10.5. The number of methoxy groups -OCH3 is 2. The first-order chi connectivity index (χ1) is 7.35. The number of hydrogen-bond donors (Lipinski definition) is 1. The minimum absolute atomic E-state index is 0.477. The van der Waals surface area contributed by atoms with E-state index < -0.39 is 0 Å². The third kappa shape index (κ3) is 2.07. The monoisotopic (exact) mass is 207 g/mol. The molecule has 1 aromatic rings. The summed E-state index contributed by atoms with van der Waals surface area (Å²) in [6.07, 6.45) is 2.45. The van der Waals surface area contributed by atoms with Gasteiger partial charge in [0.2, 0.25) is 0 Å². The Hall–Kier alpha value is -1.22. The fraction of sp³-hybridized carbons (Fsp3) is 0.500. The number of ether oxygens (including phenoxy) is 2. The maximum Gasteiger partial charge on any atom is 0.161 e. The normalized spacial score (nSPS) is 20.3. The van der Waals surface area contributed by atoms with E-state index in [-0.39, 0.29) is 0 Å². The van der Waals surface area contributed by atoms with Gasteiger partial charge in [0, 0.05) is 6.04 Å². The second kappa shape index (κ2) is 4.53. The van der Waals surface area contributed by atoms with Crippen molar-refractivity contribution in [3.8, 4) is 11.5 Å². The molecule has 2 rings (SSSR count). The SMILES string of the molecule is COc1ccc([C@@H]2CCCN2)cc1OC. The Morgan fingerprint density at radius 3 is 2.60 bits per heavy atom. The van der Waals surface area contributed by atoms with Crippen LogP contribution in [0.3, 0.4) is 0 Å². The molecule has 1 N–H and O–H groups in total. The number of hydrogen-bond acceptors (Lipinski definition) is 3. The minimum atomic E-state index is 0.477. The Labute approximate surface area is 90.4 Å². The Morgan fingerprint density at radius 2 is 2.00 bits per heavy atom. The molecular formula is C12H17NO2. The van der Waals surface area contributed by atoms with Crippen LogP contribution in [0.1, 0.15) is 24.4 Å². The lowest BCUT2D eigenvalue weighted by atomic mass is 10.0. The molecule has 0 aliphatic carbocycles. The van der Waals surface area contributed by atoms with Gasteiger partial charge in [-0.3, -0.25) is 0 Å². The van der Waals surface area contributed by atoms with Gasteiger partial charge in [-0.1, -0.05) is 6.07 Å². The van der Waals surface area contributed by atoms with Crippen molar-refractivity contribution < 1.29 is 9.47 Å². The van der Waals surface area contributed by atoms with Crippen LogP contribution in [-0.4, -0.2) is 20.8 Å². The van der Waals surface area contributed by atoms with E-state index in [1.54, 1.807) is 14.2 Å². The second-order valence-electron chi connectivity index (χ2n) is 3.76. The molecule has 0 aromatic heterocycles. The summed E-state index contributed by atoms with van der Waals surface area (Å²) in [5.74, 6) is 1.60. The lowest BCUT2D eigenvalue weighted by Crippen LogP contribution is -2.12. The third-order valence-electron chi connectivity index (χ3n) is 2.87. The van der Waals surface area contributed by atoms with Crippen molar-refractivity contribution in [1.29, 1.82) is 0 Å². The highest BCUT2D eigenvalue weighted by molar-refractivity contribution is 5.43. The zero-order valence-corrected chi connectivity index (χ0v) is 9.25. The van der Waals surface area contributed by atoms with E-state index in [0.717, 1.165) is 18.0 Å². The van der Waals surface area contributed by atoms with Crippen molar-refractivity contribution in [3.05, 3.63) is 23.8 Å².